The summed E-state index contributed by atoms with van der Waals surface area (Å²) < 4.78 is 11.8. The number of nitrogens with one attached hydrogen (secondary N) is 2. The smallest absolute Gasteiger partial charge is 0.279 e. The molecule has 0 bridgehead atoms. The van der Waals surface area contributed by atoms with E-state index in [4.69, 9.17) is 9.47 Å². The monoisotopic (exact) mass is 415 g/mol. The minimum atomic E-state index is 0.727. The molecule has 1 aliphatic heterocycles. The molecule has 1 fully saturated rings. The number of aromatic amines is 1. The molecule has 4 heterocycles. The standard InChI is InChI=1S/C20H26N6O2S/c1-27-10-4-7-21-18-17-16(23-25-24-18)15-13-5-2-3-6-14(13)19(22-20(15)29-17)26-8-11-28-12-9-26/h2-12H2,1H3,(H,21,23,24)/p+1. The van der Waals surface area contributed by atoms with Gasteiger partial charge in [0.1, 0.15) is 23.3 Å². The van der Waals surface area contributed by atoms with Crippen LogP contribution in [-0.4, -0.2) is 62.0 Å². The lowest BCUT2D eigenvalue weighted by atomic mass is 9.90. The van der Waals surface area contributed by atoms with Crippen molar-refractivity contribution in [1.82, 2.24) is 15.4 Å². The van der Waals surface area contributed by atoms with E-state index in [0.29, 0.717) is 0 Å². The number of aryl methyl sites for hydroxylation is 1. The number of aromatic nitrogens is 4. The number of pyridine rings is 1. The van der Waals surface area contributed by atoms with Gasteiger partial charge in [0.15, 0.2) is 10.6 Å². The third-order valence-electron chi connectivity index (χ3n) is 5.82. The lowest BCUT2D eigenvalue weighted by molar-refractivity contribution is -0.328. The summed E-state index contributed by atoms with van der Waals surface area (Å²) in [4.78, 5) is 7.38. The van der Waals surface area contributed by atoms with Crippen LogP contribution in [0.5, 0.6) is 0 Å². The third kappa shape index (κ3) is 3.51. The van der Waals surface area contributed by atoms with Crippen molar-refractivity contribution < 1.29 is 14.5 Å². The molecular weight excluding hydrogens is 388 g/mol. The molecule has 9 heteroatoms. The Labute approximate surface area is 173 Å². The summed E-state index contributed by atoms with van der Waals surface area (Å²) in [7, 11) is 1.72. The lowest BCUT2D eigenvalue weighted by Crippen LogP contribution is -2.40. The normalized spacial score (nSPS) is 17.1. The summed E-state index contributed by atoms with van der Waals surface area (Å²) in [5.41, 5.74) is 3.87. The fourth-order valence-corrected chi connectivity index (χ4v) is 5.55. The van der Waals surface area contributed by atoms with Gasteiger partial charge in [-0.1, -0.05) is 11.3 Å². The number of nitrogens with zero attached hydrogens (tertiary/aromatic N) is 4. The number of thiophene rings is 1. The highest BCUT2D eigenvalue weighted by molar-refractivity contribution is 7.25. The number of rotatable bonds is 6. The zero-order chi connectivity index (χ0) is 19.6. The molecule has 0 radical (unpaired) electrons. The second-order valence-corrected chi connectivity index (χ2v) is 8.65. The van der Waals surface area contributed by atoms with Gasteiger partial charge in [-0.15, -0.1) is 10.2 Å². The highest BCUT2D eigenvalue weighted by Crippen LogP contribution is 2.40. The topological polar surface area (TPSA) is 86.5 Å². The molecule has 29 heavy (non-hydrogen) atoms. The third-order valence-corrected chi connectivity index (χ3v) is 6.92. The first-order chi connectivity index (χ1) is 14.4. The van der Waals surface area contributed by atoms with E-state index in [1.165, 1.54) is 40.0 Å². The number of H-pyrrole nitrogens is 1. The van der Waals surface area contributed by atoms with Gasteiger partial charge in [-0.2, -0.15) is 0 Å². The van der Waals surface area contributed by atoms with Gasteiger partial charge in [0, 0.05) is 25.8 Å². The van der Waals surface area contributed by atoms with Gasteiger partial charge >= 0.3 is 0 Å². The van der Waals surface area contributed by atoms with Gasteiger partial charge in [0.2, 0.25) is 0 Å². The largest absolute Gasteiger partial charge is 0.385 e. The number of hydrogen-bond donors (Lipinski definition) is 1. The Morgan fingerprint density at radius 3 is 2.83 bits per heavy atom. The summed E-state index contributed by atoms with van der Waals surface area (Å²) in [5.74, 6) is 2.09. The minimum absolute atomic E-state index is 0.727. The Bertz CT molecular complexity index is 1020. The fourth-order valence-electron chi connectivity index (χ4n) is 4.42. The Hall–Kier alpha value is -2.10. The van der Waals surface area contributed by atoms with E-state index in [0.717, 1.165) is 74.8 Å². The molecule has 2 N–H and O–H groups in total. The van der Waals surface area contributed by atoms with E-state index in [-0.39, 0.29) is 0 Å². The van der Waals surface area contributed by atoms with Crippen molar-refractivity contribution in [3.63, 3.8) is 0 Å². The van der Waals surface area contributed by atoms with Gasteiger partial charge in [-0.25, -0.2) is 4.98 Å². The van der Waals surface area contributed by atoms with Crippen molar-refractivity contribution in [3.8, 4) is 0 Å². The van der Waals surface area contributed by atoms with Crippen LogP contribution in [0.2, 0.25) is 0 Å². The molecule has 0 unspecified atom stereocenters. The Morgan fingerprint density at radius 2 is 2.00 bits per heavy atom. The average Bonchev–Trinajstić information content (AvgIpc) is 3.16. The van der Waals surface area contributed by atoms with E-state index in [9.17, 15) is 0 Å². The second kappa shape index (κ2) is 8.33. The maximum absolute atomic E-state index is 5.57. The molecule has 0 spiro atoms. The van der Waals surface area contributed by atoms with Crippen LogP contribution in [0.1, 0.15) is 30.4 Å². The van der Waals surface area contributed by atoms with E-state index in [1.807, 2.05) is 0 Å². The van der Waals surface area contributed by atoms with Crippen LogP contribution in [0.3, 0.4) is 0 Å². The zero-order valence-corrected chi connectivity index (χ0v) is 17.6. The fraction of sp³-hybridized carbons (Fsp3) is 0.600. The molecule has 154 valence electrons. The molecule has 0 aromatic carbocycles. The maximum Gasteiger partial charge on any atom is 0.279 e. The van der Waals surface area contributed by atoms with Gasteiger partial charge in [-0.3, -0.25) is 4.90 Å². The summed E-state index contributed by atoms with van der Waals surface area (Å²) in [6.45, 7) is 4.98. The summed E-state index contributed by atoms with van der Waals surface area (Å²) in [6, 6.07) is 0. The SMILES string of the molecule is COCCCNc1nnnc2c1sc1[nH+]c(N3CCOCC3)c3c(c12)CCCC3. The maximum atomic E-state index is 5.57. The predicted molar refractivity (Wildman–Crippen MR) is 114 cm³/mol. The first kappa shape index (κ1) is 18.9. The van der Waals surface area contributed by atoms with Crippen molar-refractivity contribution in [2.75, 3.05) is 56.8 Å². The van der Waals surface area contributed by atoms with Crippen LogP contribution < -0.4 is 15.2 Å². The van der Waals surface area contributed by atoms with E-state index in [1.54, 1.807) is 18.4 Å². The molecule has 3 aromatic heterocycles. The number of methoxy groups -OCH3 is 1. The van der Waals surface area contributed by atoms with Crippen molar-refractivity contribution in [2.45, 2.75) is 32.1 Å². The molecule has 5 rings (SSSR count). The lowest BCUT2D eigenvalue weighted by Gasteiger charge is -2.25. The van der Waals surface area contributed by atoms with E-state index in [2.05, 4.69) is 30.6 Å². The molecular formula is C20H27N6O2S+. The van der Waals surface area contributed by atoms with Gasteiger partial charge < -0.3 is 14.8 Å². The first-order valence-corrected chi connectivity index (χ1v) is 11.3. The Morgan fingerprint density at radius 1 is 1.17 bits per heavy atom. The van der Waals surface area contributed by atoms with E-state index < -0.39 is 0 Å². The number of anilines is 2. The number of ether oxygens (including phenoxy) is 2. The van der Waals surface area contributed by atoms with Crippen molar-refractivity contribution in [1.29, 1.82) is 0 Å². The number of fused-ring (bicyclic) bond motifs is 5. The van der Waals surface area contributed by atoms with Gasteiger partial charge in [0.05, 0.1) is 18.6 Å². The molecule has 2 aliphatic rings. The molecule has 1 saturated heterocycles. The van der Waals surface area contributed by atoms with Crippen LogP contribution in [0.4, 0.5) is 11.6 Å². The second-order valence-electron chi connectivity index (χ2n) is 7.63. The molecule has 1 aliphatic carbocycles. The number of morpholine rings is 1. The van der Waals surface area contributed by atoms with Crippen LogP contribution in [0.25, 0.3) is 20.4 Å². The van der Waals surface area contributed by atoms with Gasteiger partial charge in [0.25, 0.3) is 5.82 Å². The first-order valence-electron chi connectivity index (χ1n) is 10.4. The number of hydrogen-bond acceptors (Lipinski definition) is 8. The Kier molecular flexibility index (Phi) is 5.43. The summed E-state index contributed by atoms with van der Waals surface area (Å²) >= 11 is 1.73. The molecule has 8 nitrogen and oxygen atoms in total. The van der Waals surface area contributed by atoms with Crippen LogP contribution in [-0.2, 0) is 22.3 Å². The average molecular weight is 416 g/mol. The van der Waals surface area contributed by atoms with E-state index >= 15 is 0 Å². The quantitative estimate of drug-likeness (QED) is 0.618. The summed E-state index contributed by atoms with van der Waals surface area (Å²) in [6.07, 6.45) is 5.62. The zero-order valence-electron chi connectivity index (χ0n) is 16.8. The summed E-state index contributed by atoms with van der Waals surface area (Å²) in [5, 5.41) is 17.5. The predicted octanol–water partition coefficient (Wildman–Crippen LogP) is 2.22. The minimum Gasteiger partial charge on any atom is -0.385 e. The van der Waals surface area contributed by atoms with Crippen molar-refractivity contribution >= 4 is 43.4 Å². The van der Waals surface area contributed by atoms with Crippen LogP contribution in [0.15, 0.2) is 0 Å². The van der Waals surface area contributed by atoms with Crippen molar-refractivity contribution in [3.05, 3.63) is 11.1 Å². The Balaban J connectivity index is 1.62. The molecule has 3 aromatic rings. The molecule has 0 amide bonds. The van der Waals surface area contributed by atoms with Crippen LogP contribution >= 0.6 is 11.3 Å². The van der Waals surface area contributed by atoms with Crippen LogP contribution in [0, 0.1) is 0 Å². The van der Waals surface area contributed by atoms with Gasteiger partial charge in [-0.05, 0) is 42.9 Å². The highest BCUT2D eigenvalue weighted by atomic mass is 32.1. The molecule has 0 atom stereocenters. The van der Waals surface area contributed by atoms with Crippen molar-refractivity contribution in [2.24, 2.45) is 0 Å². The molecule has 0 saturated carbocycles. The highest BCUT2D eigenvalue weighted by Gasteiger charge is 2.30.